The molecule has 7 atom stereocenters. The largest absolute Gasteiger partial charge is 0.508 e. The standard InChI is InChI=1S/C35H58N12O8/c1-4-19(2)27(31(52)43-20(3)33(54)55)46-29(50)25(18-21-11-13-22(48)14-12-21)45-30(51)26-10-7-17-47(26)32(53)24(9-6-16-42-35(39)40)44-28(49)23(36)8-5-15-41-34(37)38/h11-14,19-20,23-27,48H,4-10,15-18,36H2,1-3H3,(H,43,52)(H,44,49)(H,45,51)(H,46,50)(H,54,55)(H4,37,38,41)(H4,39,40,42)/t19-,20+,23+,24+,25+,26+,27+/m1/s1. The van der Waals surface area contributed by atoms with E-state index in [1.54, 1.807) is 26.0 Å². The van der Waals surface area contributed by atoms with E-state index in [0.29, 0.717) is 31.2 Å². The molecule has 0 unspecified atom stereocenters. The summed E-state index contributed by atoms with van der Waals surface area (Å²) in [6.45, 7) is 5.44. The fraction of sp³-hybridized carbons (Fsp3) is 0.600. The Bertz CT molecular complexity index is 1530. The van der Waals surface area contributed by atoms with Gasteiger partial charge in [0, 0.05) is 26.1 Å². The number of carboxylic acid groups (broad SMARTS) is 1. The third kappa shape index (κ3) is 15.3. The third-order valence-electron chi connectivity index (χ3n) is 9.23. The van der Waals surface area contributed by atoms with Gasteiger partial charge in [-0.1, -0.05) is 32.4 Å². The molecule has 0 saturated carbocycles. The number of amides is 5. The van der Waals surface area contributed by atoms with Crippen molar-refractivity contribution in [3.63, 3.8) is 0 Å². The lowest BCUT2D eigenvalue weighted by atomic mass is 9.96. The van der Waals surface area contributed by atoms with Crippen molar-refractivity contribution in [2.45, 2.75) is 108 Å². The van der Waals surface area contributed by atoms with E-state index < -0.39 is 77.7 Å². The van der Waals surface area contributed by atoms with Crippen LogP contribution in [0.15, 0.2) is 34.3 Å². The highest BCUT2D eigenvalue weighted by molar-refractivity contribution is 5.96. The van der Waals surface area contributed by atoms with Gasteiger partial charge in [0.25, 0.3) is 0 Å². The third-order valence-corrected chi connectivity index (χ3v) is 9.23. The van der Waals surface area contributed by atoms with Crippen LogP contribution in [0.4, 0.5) is 0 Å². The van der Waals surface area contributed by atoms with Crippen LogP contribution in [0.25, 0.3) is 0 Å². The number of hydrogen-bond donors (Lipinski definition) is 11. The van der Waals surface area contributed by atoms with Gasteiger partial charge in [-0.2, -0.15) is 0 Å². The monoisotopic (exact) mass is 774 g/mol. The first-order valence-electron chi connectivity index (χ1n) is 18.3. The van der Waals surface area contributed by atoms with Crippen LogP contribution < -0.4 is 49.9 Å². The highest BCUT2D eigenvalue weighted by atomic mass is 16.4. The van der Waals surface area contributed by atoms with Crippen molar-refractivity contribution >= 4 is 47.4 Å². The highest BCUT2D eigenvalue weighted by Crippen LogP contribution is 2.21. The zero-order valence-corrected chi connectivity index (χ0v) is 31.7. The molecule has 306 valence electrons. The maximum absolute atomic E-state index is 14.1. The van der Waals surface area contributed by atoms with Gasteiger partial charge in [-0.3, -0.25) is 38.8 Å². The first-order chi connectivity index (χ1) is 25.9. The van der Waals surface area contributed by atoms with Crippen LogP contribution in [-0.4, -0.2) is 118 Å². The predicted molar refractivity (Wildman–Crippen MR) is 205 cm³/mol. The number of aliphatic imine (C=N–C) groups is 2. The number of carbonyl (C=O) groups excluding carboxylic acids is 5. The second-order valence-corrected chi connectivity index (χ2v) is 13.6. The SMILES string of the molecule is CC[C@@H](C)[C@H](NC(=O)[C@H](Cc1ccc(O)cc1)NC(=O)[C@@H]1CCCN1C(=O)[C@H](CCCN=C(N)N)NC(=O)[C@@H](N)CCCN=C(N)N)C(=O)N[C@@H](C)C(=O)O. The first kappa shape index (κ1) is 45.5. The Morgan fingerprint density at radius 2 is 1.44 bits per heavy atom. The quantitative estimate of drug-likeness (QED) is 0.0329. The van der Waals surface area contributed by atoms with Gasteiger partial charge in [0.1, 0.15) is 36.0 Å². The Morgan fingerprint density at radius 3 is 2.00 bits per heavy atom. The lowest BCUT2D eigenvalue weighted by molar-refractivity contribution is -0.143. The van der Waals surface area contributed by atoms with E-state index >= 15 is 0 Å². The van der Waals surface area contributed by atoms with Crippen LogP contribution in [0.2, 0.25) is 0 Å². The van der Waals surface area contributed by atoms with Crippen LogP contribution in [-0.2, 0) is 35.2 Å². The molecule has 0 spiro atoms. The smallest absolute Gasteiger partial charge is 0.325 e. The van der Waals surface area contributed by atoms with Gasteiger partial charge in [-0.05, 0) is 69.1 Å². The van der Waals surface area contributed by atoms with Gasteiger partial charge >= 0.3 is 5.97 Å². The molecule has 0 bridgehead atoms. The van der Waals surface area contributed by atoms with E-state index in [2.05, 4.69) is 31.3 Å². The minimum Gasteiger partial charge on any atom is -0.508 e. The van der Waals surface area contributed by atoms with Gasteiger partial charge < -0.3 is 65.0 Å². The summed E-state index contributed by atoms with van der Waals surface area (Å²) in [4.78, 5) is 88.8. The summed E-state index contributed by atoms with van der Waals surface area (Å²) in [6.07, 6.45) is 2.19. The maximum atomic E-state index is 14.1. The van der Waals surface area contributed by atoms with E-state index in [1.165, 1.54) is 24.0 Å². The highest BCUT2D eigenvalue weighted by Gasteiger charge is 2.40. The van der Waals surface area contributed by atoms with Crippen LogP contribution in [0.1, 0.15) is 71.3 Å². The summed E-state index contributed by atoms with van der Waals surface area (Å²) < 4.78 is 0. The summed E-state index contributed by atoms with van der Waals surface area (Å²) in [6, 6.07) is -0.705. The molecule has 20 heteroatoms. The summed E-state index contributed by atoms with van der Waals surface area (Å²) in [5.74, 6) is -5.11. The second-order valence-electron chi connectivity index (χ2n) is 13.6. The molecule has 1 aromatic carbocycles. The van der Waals surface area contributed by atoms with E-state index in [1.807, 2.05) is 0 Å². The average molecular weight is 775 g/mol. The molecule has 5 amide bonds. The van der Waals surface area contributed by atoms with Crippen molar-refractivity contribution in [1.82, 2.24) is 26.2 Å². The minimum atomic E-state index is -1.26. The molecule has 0 radical (unpaired) electrons. The Kier molecular flexibility index (Phi) is 18.6. The molecule has 2 rings (SSSR count). The zero-order valence-electron chi connectivity index (χ0n) is 31.7. The van der Waals surface area contributed by atoms with Crippen molar-refractivity contribution < 1.29 is 39.0 Å². The van der Waals surface area contributed by atoms with Crippen molar-refractivity contribution in [3.05, 3.63) is 29.8 Å². The Hall–Kier alpha value is -5.66. The number of nitrogens with two attached hydrogens (primary N) is 5. The van der Waals surface area contributed by atoms with E-state index in [9.17, 15) is 39.0 Å². The number of benzene rings is 1. The number of aliphatic carboxylic acids is 1. The number of nitrogens with zero attached hydrogens (tertiary/aromatic N) is 3. The number of hydrogen-bond acceptors (Lipinski definition) is 10. The van der Waals surface area contributed by atoms with Gasteiger partial charge in [-0.15, -0.1) is 0 Å². The Labute approximate surface area is 320 Å². The normalized spacial score (nSPS) is 16.9. The Balaban J connectivity index is 2.33. The maximum Gasteiger partial charge on any atom is 0.325 e. The predicted octanol–water partition coefficient (Wildman–Crippen LogP) is -2.55. The lowest BCUT2D eigenvalue weighted by Crippen LogP contribution is -2.60. The number of nitrogens with one attached hydrogen (secondary N) is 4. The molecule has 1 aromatic rings. The minimum absolute atomic E-state index is 0.0122. The topological polar surface area (TPSA) is 349 Å². The van der Waals surface area contributed by atoms with Crippen LogP contribution in [0.3, 0.4) is 0 Å². The number of aromatic hydroxyl groups is 1. The van der Waals surface area contributed by atoms with Crippen molar-refractivity contribution in [1.29, 1.82) is 0 Å². The molecule has 1 saturated heterocycles. The van der Waals surface area contributed by atoms with Crippen molar-refractivity contribution in [2.75, 3.05) is 19.6 Å². The number of likely N-dealkylation sites (tertiary alicyclic amines) is 1. The Morgan fingerprint density at radius 1 is 0.836 bits per heavy atom. The fourth-order valence-corrected chi connectivity index (χ4v) is 5.86. The van der Waals surface area contributed by atoms with Crippen molar-refractivity contribution in [3.8, 4) is 5.75 Å². The lowest BCUT2D eigenvalue weighted by Gasteiger charge is -2.31. The van der Waals surface area contributed by atoms with Gasteiger partial charge in [0.15, 0.2) is 11.9 Å². The molecule has 0 aliphatic carbocycles. The molecule has 1 heterocycles. The number of rotatable bonds is 22. The van der Waals surface area contributed by atoms with Gasteiger partial charge in [0.2, 0.25) is 29.5 Å². The molecular formula is C35H58N12O8. The molecule has 16 N–H and O–H groups in total. The number of carbonyl (C=O) groups is 6. The number of carboxylic acids is 1. The summed E-state index contributed by atoms with van der Waals surface area (Å²) >= 11 is 0. The van der Waals surface area contributed by atoms with Gasteiger partial charge in [-0.25, -0.2) is 0 Å². The summed E-state index contributed by atoms with van der Waals surface area (Å²) in [5, 5.41) is 29.7. The van der Waals surface area contributed by atoms with Crippen molar-refractivity contribution in [2.24, 2.45) is 44.6 Å². The van der Waals surface area contributed by atoms with Crippen LogP contribution >= 0.6 is 0 Å². The molecule has 1 aliphatic heterocycles. The molecular weight excluding hydrogens is 716 g/mol. The van der Waals surface area contributed by atoms with E-state index in [4.69, 9.17) is 28.7 Å². The number of guanidine groups is 2. The average Bonchev–Trinajstić information content (AvgIpc) is 3.63. The number of phenolic OH excluding ortho intramolecular Hbond substituents is 1. The molecule has 55 heavy (non-hydrogen) atoms. The van der Waals surface area contributed by atoms with Crippen LogP contribution in [0.5, 0.6) is 5.75 Å². The van der Waals surface area contributed by atoms with E-state index in [-0.39, 0.29) is 63.0 Å². The molecule has 1 fully saturated rings. The summed E-state index contributed by atoms with van der Waals surface area (Å²) in [5.41, 5.74) is 28.3. The summed E-state index contributed by atoms with van der Waals surface area (Å²) in [7, 11) is 0. The first-order valence-corrected chi connectivity index (χ1v) is 18.3. The fourth-order valence-electron chi connectivity index (χ4n) is 5.86. The number of phenols is 1. The van der Waals surface area contributed by atoms with E-state index in [0.717, 1.165) is 0 Å². The zero-order chi connectivity index (χ0) is 41.2. The molecule has 1 aliphatic rings. The van der Waals surface area contributed by atoms with Crippen LogP contribution in [0, 0.1) is 5.92 Å². The second kappa shape index (κ2) is 22.5. The van der Waals surface area contributed by atoms with Gasteiger partial charge in [0.05, 0.1) is 6.04 Å². The molecule has 20 nitrogen and oxygen atoms in total. The molecule has 0 aromatic heterocycles.